The van der Waals surface area contributed by atoms with Crippen LogP contribution in [0.3, 0.4) is 0 Å². The molecule has 1 aliphatic carbocycles. The van der Waals surface area contributed by atoms with Crippen molar-refractivity contribution < 1.29 is 9.53 Å². The van der Waals surface area contributed by atoms with Crippen molar-refractivity contribution in [1.82, 2.24) is 24.4 Å². The van der Waals surface area contributed by atoms with E-state index in [0.29, 0.717) is 40.3 Å². The van der Waals surface area contributed by atoms with Crippen molar-refractivity contribution in [3.05, 3.63) is 81.6 Å². The molecule has 8 nitrogen and oxygen atoms in total. The minimum absolute atomic E-state index is 0.0816. The van der Waals surface area contributed by atoms with Gasteiger partial charge in [-0.3, -0.25) is 18.9 Å². The Bertz CT molecular complexity index is 1540. The maximum absolute atomic E-state index is 13.7. The Hall–Kier alpha value is -3.65. The molecule has 39 heavy (non-hydrogen) atoms. The molecule has 1 fully saturated rings. The summed E-state index contributed by atoms with van der Waals surface area (Å²) in [7, 11) is 0. The number of aryl methyl sites for hydroxylation is 1. The minimum atomic E-state index is -0.353. The highest BCUT2D eigenvalue weighted by molar-refractivity contribution is 6.30. The van der Waals surface area contributed by atoms with Crippen molar-refractivity contribution in [2.24, 2.45) is 5.92 Å². The molecule has 0 spiro atoms. The van der Waals surface area contributed by atoms with Crippen LogP contribution in [0, 0.1) is 12.8 Å². The van der Waals surface area contributed by atoms with Crippen LogP contribution in [-0.4, -0.2) is 36.7 Å². The average Bonchev–Trinajstić information content (AvgIpc) is 3.17. The van der Waals surface area contributed by atoms with Gasteiger partial charge in [-0.15, -0.1) is 0 Å². The van der Waals surface area contributed by atoms with Gasteiger partial charge in [-0.2, -0.15) is 0 Å². The fourth-order valence-electron chi connectivity index (χ4n) is 5.26. The van der Waals surface area contributed by atoms with Gasteiger partial charge in [-0.1, -0.05) is 23.7 Å². The van der Waals surface area contributed by atoms with E-state index >= 15 is 0 Å². The molecule has 1 amide bonds. The number of halogens is 1. The molecule has 0 atom stereocenters. The maximum atomic E-state index is 13.7. The fraction of sp³-hybridized carbons (Fsp3) is 0.400. The lowest BCUT2D eigenvalue weighted by Crippen LogP contribution is -2.39. The van der Waals surface area contributed by atoms with E-state index in [9.17, 15) is 9.59 Å². The topological polar surface area (TPSA) is 91.0 Å². The van der Waals surface area contributed by atoms with Gasteiger partial charge in [-0.05, 0) is 83.6 Å². The first-order chi connectivity index (χ1) is 18.6. The van der Waals surface area contributed by atoms with Gasteiger partial charge in [0.05, 0.1) is 39.2 Å². The highest BCUT2D eigenvalue weighted by atomic mass is 35.5. The Morgan fingerprint density at radius 2 is 1.77 bits per heavy atom. The predicted molar refractivity (Wildman–Crippen MR) is 153 cm³/mol. The molecule has 0 unspecified atom stereocenters. The Balaban J connectivity index is 1.30. The molecule has 0 aliphatic heterocycles. The highest BCUT2D eigenvalue weighted by Gasteiger charge is 2.26. The van der Waals surface area contributed by atoms with Crippen molar-refractivity contribution in [3.63, 3.8) is 0 Å². The number of pyridine rings is 2. The number of nitrogens with one attached hydrogen (secondary N) is 1. The predicted octanol–water partition coefficient (Wildman–Crippen LogP) is 5.71. The Kier molecular flexibility index (Phi) is 7.49. The van der Waals surface area contributed by atoms with E-state index < -0.39 is 0 Å². The van der Waals surface area contributed by atoms with Gasteiger partial charge in [-0.25, -0.2) is 9.78 Å². The van der Waals surface area contributed by atoms with E-state index in [-0.39, 0.29) is 23.2 Å². The molecule has 0 radical (unpaired) electrons. The summed E-state index contributed by atoms with van der Waals surface area (Å²) in [6, 6.07) is 13.3. The third-order valence-electron chi connectivity index (χ3n) is 7.15. The zero-order valence-electron chi connectivity index (χ0n) is 22.8. The van der Waals surface area contributed by atoms with Crippen LogP contribution in [-0.2, 0) is 6.54 Å². The zero-order chi connectivity index (χ0) is 27.7. The number of nitrogens with zero attached hydrogens (tertiary/aromatic N) is 4. The van der Waals surface area contributed by atoms with Gasteiger partial charge in [0.1, 0.15) is 5.60 Å². The molecule has 9 heteroatoms. The molecule has 4 aromatic rings. The first-order valence-electron chi connectivity index (χ1n) is 13.4. The lowest BCUT2D eigenvalue weighted by molar-refractivity contribution is 0.0919. The number of fused-ring (bicyclic) bond motifs is 1. The molecule has 1 saturated carbocycles. The van der Waals surface area contributed by atoms with Crippen LogP contribution in [0.25, 0.3) is 16.7 Å². The summed E-state index contributed by atoms with van der Waals surface area (Å²) in [5, 5.41) is 3.59. The molecule has 0 saturated heterocycles. The SMILES string of the molecule is Cc1ncc(Cl)cc1C(=O)N[C@H]1CC[C@H](Cn2c(=O)n(-c3ccc(OC(C)(C)C)nc3)c3ccccc32)CC1. The molecule has 3 heterocycles. The Morgan fingerprint density at radius 1 is 1.05 bits per heavy atom. The van der Waals surface area contributed by atoms with E-state index in [1.165, 1.54) is 0 Å². The quantitative estimate of drug-likeness (QED) is 0.334. The number of carbonyl (C=O) groups is 1. The standard InChI is InChI=1S/C30H34ClN5O3/c1-19-24(15-21(31)16-32-19)28(37)34-22-11-9-20(10-12-22)18-35-25-7-5-6-8-26(25)36(29(35)38)23-13-14-27(33-17-23)39-30(2,3)4/h5-8,13-17,20,22H,9-12,18H2,1-4H3,(H,34,37)/t20-,22-. The summed E-state index contributed by atoms with van der Waals surface area (Å²) in [6.45, 7) is 8.35. The molecular weight excluding hydrogens is 514 g/mol. The number of carbonyl (C=O) groups excluding carboxylic acids is 1. The van der Waals surface area contributed by atoms with Gasteiger partial charge >= 0.3 is 5.69 Å². The Morgan fingerprint density at radius 3 is 2.44 bits per heavy atom. The number of hydrogen-bond donors (Lipinski definition) is 1. The largest absolute Gasteiger partial charge is 0.472 e. The highest BCUT2D eigenvalue weighted by Crippen LogP contribution is 2.28. The van der Waals surface area contributed by atoms with Gasteiger partial charge in [0, 0.05) is 24.8 Å². The Labute approximate surface area is 233 Å². The van der Waals surface area contributed by atoms with Crippen LogP contribution in [0.2, 0.25) is 5.02 Å². The van der Waals surface area contributed by atoms with Crippen LogP contribution in [0.15, 0.2) is 59.7 Å². The normalized spacial score (nSPS) is 17.8. The van der Waals surface area contributed by atoms with E-state index in [1.807, 2.05) is 55.7 Å². The number of para-hydroxylation sites is 2. The van der Waals surface area contributed by atoms with Crippen molar-refractivity contribution in [2.45, 2.75) is 71.6 Å². The van der Waals surface area contributed by atoms with Crippen LogP contribution in [0.4, 0.5) is 0 Å². The summed E-state index contributed by atoms with van der Waals surface area (Å²) in [5.74, 6) is 0.719. The van der Waals surface area contributed by atoms with Crippen molar-refractivity contribution >= 4 is 28.5 Å². The smallest absolute Gasteiger partial charge is 0.333 e. The van der Waals surface area contributed by atoms with Crippen LogP contribution in [0.1, 0.15) is 62.5 Å². The maximum Gasteiger partial charge on any atom is 0.333 e. The number of hydrogen-bond acceptors (Lipinski definition) is 5. The lowest BCUT2D eigenvalue weighted by Gasteiger charge is -2.29. The molecule has 0 bridgehead atoms. The second-order valence-corrected chi connectivity index (χ2v) is 11.7. The van der Waals surface area contributed by atoms with Crippen LogP contribution < -0.4 is 15.7 Å². The average molecular weight is 548 g/mol. The summed E-state index contributed by atoms with van der Waals surface area (Å²) >= 11 is 6.04. The number of ether oxygens (including phenoxy) is 1. The second kappa shape index (κ2) is 10.8. The fourth-order valence-corrected chi connectivity index (χ4v) is 5.42. The monoisotopic (exact) mass is 547 g/mol. The van der Waals surface area contributed by atoms with E-state index in [0.717, 1.165) is 36.7 Å². The number of amides is 1. The van der Waals surface area contributed by atoms with E-state index in [2.05, 4.69) is 15.3 Å². The van der Waals surface area contributed by atoms with Crippen molar-refractivity contribution in [3.8, 4) is 11.6 Å². The van der Waals surface area contributed by atoms with Gasteiger partial charge in [0.2, 0.25) is 5.88 Å². The van der Waals surface area contributed by atoms with Gasteiger partial charge < -0.3 is 10.1 Å². The zero-order valence-corrected chi connectivity index (χ0v) is 23.5. The van der Waals surface area contributed by atoms with Crippen molar-refractivity contribution in [1.29, 1.82) is 0 Å². The molecular formula is C30H34ClN5O3. The first kappa shape index (κ1) is 26.9. The third-order valence-corrected chi connectivity index (χ3v) is 7.35. The van der Waals surface area contributed by atoms with E-state index in [1.54, 1.807) is 36.0 Å². The minimum Gasteiger partial charge on any atom is -0.472 e. The third kappa shape index (κ3) is 6.01. The molecule has 204 valence electrons. The molecule has 1 N–H and O–H groups in total. The number of aromatic nitrogens is 4. The second-order valence-electron chi connectivity index (χ2n) is 11.3. The number of imidazole rings is 1. The molecule has 1 aliphatic rings. The van der Waals surface area contributed by atoms with E-state index in [4.69, 9.17) is 16.3 Å². The summed E-state index contributed by atoms with van der Waals surface area (Å²) in [5.41, 5.74) is 3.19. The molecule has 5 rings (SSSR count). The first-order valence-corrected chi connectivity index (χ1v) is 13.8. The summed E-state index contributed by atoms with van der Waals surface area (Å²) < 4.78 is 9.44. The molecule has 1 aromatic carbocycles. The van der Waals surface area contributed by atoms with Gasteiger partial charge in [0.15, 0.2) is 0 Å². The number of benzene rings is 1. The molecule has 3 aromatic heterocycles. The van der Waals surface area contributed by atoms with Gasteiger partial charge in [0.25, 0.3) is 5.91 Å². The summed E-state index contributed by atoms with van der Waals surface area (Å²) in [6.07, 6.45) is 6.79. The van der Waals surface area contributed by atoms with Crippen LogP contribution >= 0.6 is 11.6 Å². The summed E-state index contributed by atoms with van der Waals surface area (Å²) in [4.78, 5) is 35.1. The lowest BCUT2D eigenvalue weighted by atomic mass is 9.85. The van der Waals surface area contributed by atoms with Crippen molar-refractivity contribution in [2.75, 3.05) is 0 Å². The van der Waals surface area contributed by atoms with Crippen LogP contribution in [0.5, 0.6) is 5.88 Å². The number of rotatable bonds is 6.